The summed E-state index contributed by atoms with van der Waals surface area (Å²) >= 11 is 1.76. The fraction of sp³-hybridized carbons (Fsp3) is 0.385. The SMILES string of the molecule is Cc1oc(COCCc2cccs2)cc1CN. The van der Waals surface area contributed by atoms with Gasteiger partial charge in [0.1, 0.15) is 18.1 Å². The van der Waals surface area contributed by atoms with Crippen LogP contribution in [0, 0.1) is 6.92 Å². The van der Waals surface area contributed by atoms with E-state index in [-0.39, 0.29) is 0 Å². The maximum Gasteiger partial charge on any atom is 0.130 e. The van der Waals surface area contributed by atoms with Gasteiger partial charge in [-0.2, -0.15) is 0 Å². The highest BCUT2D eigenvalue weighted by molar-refractivity contribution is 7.09. The minimum atomic E-state index is 0.518. The van der Waals surface area contributed by atoms with E-state index >= 15 is 0 Å². The van der Waals surface area contributed by atoms with Crippen molar-refractivity contribution in [2.24, 2.45) is 5.73 Å². The van der Waals surface area contributed by atoms with Crippen LogP contribution in [0.4, 0.5) is 0 Å². The zero-order chi connectivity index (χ0) is 12.1. The molecule has 0 bridgehead atoms. The topological polar surface area (TPSA) is 48.4 Å². The standard InChI is InChI=1S/C13H17NO2S/c1-10-11(8-14)7-12(16-10)9-15-5-4-13-3-2-6-17-13/h2-3,6-7H,4-5,8-9,14H2,1H3. The summed E-state index contributed by atoms with van der Waals surface area (Å²) in [5.74, 6) is 1.75. The molecule has 2 aromatic rings. The molecule has 0 aliphatic carbocycles. The molecule has 0 spiro atoms. The van der Waals surface area contributed by atoms with Crippen molar-refractivity contribution in [2.45, 2.75) is 26.5 Å². The van der Waals surface area contributed by atoms with Gasteiger partial charge in [-0.1, -0.05) is 6.07 Å². The fourth-order valence-electron chi connectivity index (χ4n) is 1.66. The number of rotatable bonds is 6. The summed E-state index contributed by atoms with van der Waals surface area (Å²) in [5.41, 5.74) is 6.64. The highest BCUT2D eigenvalue weighted by Gasteiger charge is 2.05. The van der Waals surface area contributed by atoms with Crippen molar-refractivity contribution < 1.29 is 9.15 Å². The molecule has 92 valence electrons. The zero-order valence-electron chi connectivity index (χ0n) is 9.94. The molecule has 0 amide bonds. The average Bonchev–Trinajstić information content (AvgIpc) is 2.94. The van der Waals surface area contributed by atoms with E-state index in [4.69, 9.17) is 14.9 Å². The van der Waals surface area contributed by atoms with Gasteiger partial charge in [0.15, 0.2) is 0 Å². The van der Waals surface area contributed by atoms with Crippen molar-refractivity contribution in [3.8, 4) is 0 Å². The number of nitrogens with two attached hydrogens (primary N) is 1. The molecule has 0 saturated heterocycles. The van der Waals surface area contributed by atoms with E-state index in [0.717, 1.165) is 30.1 Å². The summed E-state index contributed by atoms with van der Waals surface area (Å²) < 4.78 is 11.1. The van der Waals surface area contributed by atoms with Gasteiger partial charge in [-0.25, -0.2) is 0 Å². The molecule has 4 heteroatoms. The Balaban J connectivity index is 1.74. The van der Waals surface area contributed by atoms with Gasteiger partial charge in [0.05, 0.1) is 6.61 Å². The van der Waals surface area contributed by atoms with Crippen molar-refractivity contribution in [2.75, 3.05) is 6.61 Å². The minimum Gasteiger partial charge on any atom is -0.464 e. The van der Waals surface area contributed by atoms with Crippen LogP contribution in [0.5, 0.6) is 0 Å². The van der Waals surface area contributed by atoms with Crippen LogP contribution in [0.1, 0.15) is 22.0 Å². The van der Waals surface area contributed by atoms with E-state index in [1.165, 1.54) is 4.88 Å². The van der Waals surface area contributed by atoms with Gasteiger partial charge in [-0.3, -0.25) is 0 Å². The van der Waals surface area contributed by atoms with Crippen LogP contribution in [-0.2, 0) is 24.3 Å². The summed E-state index contributed by atoms with van der Waals surface area (Å²) in [6, 6.07) is 6.15. The molecule has 0 aliphatic heterocycles. The van der Waals surface area contributed by atoms with Crippen LogP contribution >= 0.6 is 11.3 Å². The van der Waals surface area contributed by atoms with Crippen molar-refractivity contribution >= 4 is 11.3 Å². The fourth-order valence-corrected chi connectivity index (χ4v) is 2.35. The lowest BCUT2D eigenvalue weighted by molar-refractivity contribution is 0.108. The molecule has 2 aromatic heterocycles. The van der Waals surface area contributed by atoms with E-state index in [0.29, 0.717) is 13.2 Å². The number of aryl methyl sites for hydroxylation is 1. The Kier molecular flexibility index (Phi) is 4.36. The molecule has 2 rings (SSSR count). The number of furan rings is 1. The molecule has 0 aromatic carbocycles. The Hall–Kier alpha value is -1.10. The van der Waals surface area contributed by atoms with Crippen LogP contribution in [0.15, 0.2) is 28.0 Å². The van der Waals surface area contributed by atoms with Gasteiger partial charge >= 0.3 is 0 Å². The Bertz CT molecular complexity index is 448. The third-order valence-electron chi connectivity index (χ3n) is 2.61. The van der Waals surface area contributed by atoms with Gasteiger partial charge in [0.2, 0.25) is 0 Å². The van der Waals surface area contributed by atoms with Gasteiger partial charge in [-0.15, -0.1) is 11.3 Å². The Labute approximate surface area is 105 Å². The van der Waals surface area contributed by atoms with Gasteiger partial charge in [0, 0.05) is 23.4 Å². The normalized spacial score (nSPS) is 10.9. The van der Waals surface area contributed by atoms with E-state index in [9.17, 15) is 0 Å². The highest BCUT2D eigenvalue weighted by Crippen LogP contribution is 2.15. The molecule has 2 heterocycles. The number of thiophene rings is 1. The average molecular weight is 251 g/mol. The van der Waals surface area contributed by atoms with Crippen LogP contribution in [0.2, 0.25) is 0 Å². The van der Waals surface area contributed by atoms with Gasteiger partial charge in [-0.05, 0) is 24.4 Å². The van der Waals surface area contributed by atoms with E-state index in [1.54, 1.807) is 11.3 Å². The first-order chi connectivity index (χ1) is 8.29. The Morgan fingerprint density at radius 1 is 1.47 bits per heavy atom. The smallest absolute Gasteiger partial charge is 0.130 e. The number of hydrogen-bond donors (Lipinski definition) is 1. The first-order valence-corrected chi connectivity index (χ1v) is 6.56. The quantitative estimate of drug-likeness (QED) is 0.803. The van der Waals surface area contributed by atoms with Gasteiger partial charge in [0.25, 0.3) is 0 Å². The second-order valence-corrected chi connectivity index (χ2v) is 4.91. The molecule has 0 saturated carbocycles. The third-order valence-corrected chi connectivity index (χ3v) is 3.54. The molecular formula is C13H17NO2S. The second-order valence-electron chi connectivity index (χ2n) is 3.88. The number of hydrogen-bond acceptors (Lipinski definition) is 4. The third kappa shape index (κ3) is 3.43. The predicted molar refractivity (Wildman–Crippen MR) is 69.0 cm³/mol. The van der Waals surface area contributed by atoms with Crippen LogP contribution in [-0.4, -0.2) is 6.61 Å². The lowest BCUT2D eigenvalue weighted by Gasteiger charge is -2.00. The Morgan fingerprint density at radius 3 is 3.00 bits per heavy atom. The molecule has 3 nitrogen and oxygen atoms in total. The summed E-state index contributed by atoms with van der Waals surface area (Å²) in [4.78, 5) is 1.35. The molecule has 0 atom stereocenters. The summed E-state index contributed by atoms with van der Waals surface area (Å²) in [6.07, 6.45) is 0.959. The molecule has 0 fully saturated rings. The molecule has 0 unspecified atom stereocenters. The molecule has 2 N–H and O–H groups in total. The first kappa shape index (κ1) is 12.4. The summed E-state index contributed by atoms with van der Waals surface area (Å²) in [6.45, 7) is 3.69. The van der Waals surface area contributed by atoms with Crippen LogP contribution in [0.25, 0.3) is 0 Å². The molecule has 0 aliphatic rings. The minimum absolute atomic E-state index is 0.518. The van der Waals surface area contributed by atoms with Gasteiger partial charge < -0.3 is 14.9 Å². The van der Waals surface area contributed by atoms with Crippen molar-refractivity contribution in [1.82, 2.24) is 0 Å². The van der Waals surface area contributed by atoms with Crippen molar-refractivity contribution in [3.05, 3.63) is 45.5 Å². The highest BCUT2D eigenvalue weighted by atomic mass is 32.1. The van der Waals surface area contributed by atoms with Crippen molar-refractivity contribution in [1.29, 1.82) is 0 Å². The molecular weight excluding hydrogens is 234 g/mol. The maximum absolute atomic E-state index is 5.58. The summed E-state index contributed by atoms with van der Waals surface area (Å²) in [5, 5.41) is 2.08. The first-order valence-electron chi connectivity index (χ1n) is 5.68. The van der Waals surface area contributed by atoms with Crippen LogP contribution in [0.3, 0.4) is 0 Å². The van der Waals surface area contributed by atoms with E-state index in [1.807, 2.05) is 13.0 Å². The predicted octanol–water partition coefficient (Wildman–Crippen LogP) is 2.87. The molecule has 0 radical (unpaired) electrons. The lowest BCUT2D eigenvalue weighted by Crippen LogP contribution is -1.97. The Morgan fingerprint density at radius 2 is 2.35 bits per heavy atom. The lowest BCUT2D eigenvalue weighted by atomic mass is 10.2. The van der Waals surface area contributed by atoms with Crippen molar-refractivity contribution in [3.63, 3.8) is 0 Å². The molecule has 17 heavy (non-hydrogen) atoms. The maximum atomic E-state index is 5.58. The largest absolute Gasteiger partial charge is 0.464 e. The van der Waals surface area contributed by atoms with Crippen LogP contribution < -0.4 is 5.73 Å². The zero-order valence-corrected chi connectivity index (χ0v) is 10.8. The second kappa shape index (κ2) is 6.00. The monoisotopic (exact) mass is 251 g/mol. The van der Waals surface area contributed by atoms with E-state index in [2.05, 4.69) is 17.5 Å². The number of ether oxygens (including phenoxy) is 1. The van der Waals surface area contributed by atoms with E-state index < -0.39 is 0 Å². The summed E-state index contributed by atoms with van der Waals surface area (Å²) in [7, 11) is 0.